The molecule has 1 aromatic rings. The summed E-state index contributed by atoms with van der Waals surface area (Å²) < 4.78 is 0. The minimum Gasteiger partial charge on any atom is -0.331 e. The Labute approximate surface area is 102 Å². The lowest BCUT2D eigenvalue weighted by Crippen LogP contribution is -2.27. The minimum atomic E-state index is -0.159. The van der Waals surface area contributed by atoms with Crippen LogP contribution in [0.1, 0.15) is 11.1 Å². The topological polar surface area (TPSA) is 58.4 Å². The first-order valence-corrected chi connectivity index (χ1v) is 5.32. The van der Waals surface area contributed by atoms with E-state index in [0.29, 0.717) is 6.54 Å². The maximum absolute atomic E-state index is 11.5. The summed E-state index contributed by atoms with van der Waals surface area (Å²) in [5.41, 5.74) is 7.96. The summed E-state index contributed by atoms with van der Waals surface area (Å²) in [6, 6.07) is 5.52. The van der Waals surface area contributed by atoms with E-state index < -0.39 is 0 Å². The van der Waals surface area contributed by atoms with E-state index in [1.165, 1.54) is 4.90 Å². The number of nitrogens with one attached hydrogen (secondary N) is 1. The number of benzene rings is 1. The molecular weight excluding hydrogens is 214 g/mol. The zero-order valence-corrected chi connectivity index (χ0v) is 10.4. The van der Waals surface area contributed by atoms with Gasteiger partial charge in [-0.05, 0) is 30.7 Å². The molecule has 4 nitrogen and oxygen atoms in total. The minimum absolute atomic E-state index is 0.159. The van der Waals surface area contributed by atoms with Gasteiger partial charge >= 0.3 is 6.03 Å². The molecule has 0 aromatic heterocycles. The molecule has 4 heteroatoms. The third kappa shape index (κ3) is 4.17. The molecule has 1 rings (SSSR count). The molecule has 1 aromatic carbocycles. The van der Waals surface area contributed by atoms with Crippen molar-refractivity contribution < 1.29 is 4.79 Å². The van der Waals surface area contributed by atoms with Gasteiger partial charge in [-0.2, -0.15) is 0 Å². The summed E-state index contributed by atoms with van der Waals surface area (Å²) in [5.74, 6) is 5.74. The highest BCUT2D eigenvalue weighted by atomic mass is 16.2. The number of nitrogens with zero attached hydrogens (tertiary/aromatic N) is 1. The van der Waals surface area contributed by atoms with E-state index in [2.05, 4.69) is 17.2 Å². The summed E-state index contributed by atoms with van der Waals surface area (Å²) >= 11 is 0. The van der Waals surface area contributed by atoms with Crippen molar-refractivity contribution in [1.82, 2.24) is 4.90 Å². The SMILES string of the molecule is Cc1cc(C#CCN)cc(NC(=O)N(C)C)c1. The average Bonchev–Trinajstić information content (AvgIpc) is 2.25. The van der Waals surface area contributed by atoms with Gasteiger partial charge in [-0.3, -0.25) is 0 Å². The molecule has 0 saturated carbocycles. The molecule has 0 unspecified atom stereocenters. The highest BCUT2D eigenvalue weighted by Crippen LogP contribution is 2.14. The van der Waals surface area contributed by atoms with Crippen molar-refractivity contribution in [3.8, 4) is 11.8 Å². The van der Waals surface area contributed by atoms with Crippen LogP contribution in [0.25, 0.3) is 0 Å². The molecule has 90 valence electrons. The van der Waals surface area contributed by atoms with Crippen molar-refractivity contribution in [1.29, 1.82) is 0 Å². The van der Waals surface area contributed by atoms with Gasteiger partial charge in [-0.15, -0.1) is 0 Å². The fraction of sp³-hybridized carbons (Fsp3) is 0.308. The van der Waals surface area contributed by atoms with E-state index in [4.69, 9.17) is 5.73 Å². The van der Waals surface area contributed by atoms with Crippen LogP contribution in [0.3, 0.4) is 0 Å². The molecule has 17 heavy (non-hydrogen) atoms. The Hall–Kier alpha value is -1.99. The highest BCUT2D eigenvalue weighted by Gasteiger charge is 2.04. The maximum atomic E-state index is 11.5. The monoisotopic (exact) mass is 231 g/mol. The second-order valence-corrected chi connectivity index (χ2v) is 3.92. The van der Waals surface area contributed by atoms with Crippen LogP contribution in [0, 0.1) is 18.8 Å². The Morgan fingerprint density at radius 3 is 2.71 bits per heavy atom. The van der Waals surface area contributed by atoms with Gasteiger partial charge in [-0.25, -0.2) is 4.79 Å². The lowest BCUT2D eigenvalue weighted by atomic mass is 10.1. The molecule has 3 N–H and O–H groups in total. The zero-order valence-electron chi connectivity index (χ0n) is 10.4. The van der Waals surface area contributed by atoms with Crippen LogP contribution in [-0.2, 0) is 0 Å². The lowest BCUT2D eigenvalue weighted by molar-refractivity contribution is 0.230. The molecule has 0 atom stereocenters. The van der Waals surface area contributed by atoms with Gasteiger partial charge in [0.15, 0.2) is 0 Å². The van der Waals surface area contributed by atoms with E-state index in [1.54, 1.807) is 14.1 Å². The van der Waals surface area contributed by atoms with Crippen LogP contribution in [-0.4, -0.2) is 31.6 Å². The van der Waals surface area contributed by atoms with Crippen molar-refractivity contribution >= 4 is 11.7 Å². The van der Waals surface area contributed by atoms with Crippen LogP contribution < -0.4 is 11.1 Å². The number of rotatable bonds is 1. The van der Waals surface area contributed by atoms with Gasteiger partial charge in [0.1, 0.15) is 0 Å². The van der Waals surface area contributed by atoms with Crippen molar-refractivity contribution in [2.75, 3.05) is 26.0 Å². The normalized spacial score (nSPS) is 9.18. The largest absolute Gasteiger partial charge is 0.331 e. The predicted octanol–water partition coefficient (Wildman–Crippen LogP) is 1.40. The third-order valence-electron chi connectivity index (χ3n) is 2.07. The molecule has 0 aliphatic rings. The van der Waals surface area contributed by atoms with Crippen LogP contribution in [0.4, 0.5) is 10.5 Å². The van der Waals surface area contributed by atoms with E-state index in [1.807, 2.05) is 25.1 Å². The van der Waals surface area contributed by atoms with Gasteiger partial charge in [0, 0.05) is 25.3 Å². The van der Waals surface area contributed by atoms with E-state index >= 15 is 0 Å². The van der Waals surface area contributed by atoms with Gasteiger partial charge in [0.05, 0.1) is 6.54 Å². The average molecular weight is 231 g/mol. The summed E-state index contributed by atoms with van der Waals surface area (Å²) in [4.78, 5) is 13.0. The Balaban J connectivity index is 2.93. The number of hydrogen-bond acceptors (Lipinski definition) is 2. The smallest absolute Gasteiger partial charge is 0.321 e. The van der Waals surface area contributed by atoms with Gasteiger partial charge in [0.25, 0.3) is 0 Å². The molecule has 0 spiro atoms. The first-order chi connectivity index (χ1) is 8.02. The van der Waals surface area contributed by atoms with Crippen molar-refractivity contribution in [3.63, 3.8) is 0 Å². The Morgan fingerprint density at radius 2 is 2.12 bits per heavy atom. The first-order valence-electron chi connectivity index (χ1n) is 5.32. The van der Waals surface area contributed by atoms with Crippen molar-refractivity contribution in [3.05, 3.63) is 29.3 Å². The molecule has 0 fully saturated rings. The molecule has 0 bridgehead atoms. The summed E-state index contributed by atoms with van der Waals surface area (Å²) in [5, 5.41) is 2.79. The molecule has 0 heterocycles. The highest BCUT2D eigenvalue weighted by molar-refractivity contribution is 5.89. The number of anilines is 1. The van der Waals surface area contributed by atoms with Crippen molar-refractivity contribution in [2.45, 2.75) is 6.92 Å². The van der Waals surface area contributed by atoms with Crippen LogP contribution in [0.2, 0.25) is 0 Å². The Bertz CT molecular complexity index is 469. The summed E-state index contributed by atoms with van der Waals surface area (Å²) in [6.07, 6.45) is 0. The number of amides is 2. The van der Waals surface area contributed by atoms with Crippen LogP contribution in [0.5, 0.6) is 0 Å². The molecule has 0 aliphatic carbocycles. The number of hydrogen-bond donors (Lipinski definition) is 2. The Kier molecular flexibility index (Phi) is 4.56. The van der Waals surface area contributed by atoms with Crippen LogP contribution >= 0.6 is 0 Å². The summed E-state index contributed by atoms with van der Waals surface area (Å²) in [6.45, 7) is 2.28. The predicted molar refractivity (Wildman–Crippen MR) is 69.8 cm³/mol. The van der Waals surface area contributed by atoms with E-state index in [0.717, 1.165) is 16.8 Å². The second kappa shape index (κ2) is 5.92. The van der Waals surface area contributed by atoms with Gasteiger partial charge < -0.3 is 16.0 Å². The molecule has 0 radical (unpaired) electrons. The lowest BCUT2D eigenvalue weighted by Gasteiger charge is -2.12. The molecule has 2 amide bonds. The first kappa shape index (κ1) is 13.1. The standard InChI is InChI=1S/C13H17N3O/c1-10-7-11(5-4-6-14)9-12(8-10)15-13(17)16(2)3/h7-9H,6,14H2,1-3H3,(H,15,17). The van der Waals surface area contributed by atoms with E-state index in [9.17, 15) is 4.79 Å². The van der Waals surface area contributed by atoms with E-state index in [-0.39, 0.29) is 6.03 Å². The van der Waals surface area contributed by atoms with Gasteiger partial charge in [0.2, 0.25) is 0 Å². The fourth-order valence-corrected chi connectivity index (χ4v) is 1.32. The molecular formula is C13H17N3O. The van der Waals surface area contributed by atoms with Crippen LogP contribution in [0.15, 0.2) is 18.2 Å². The quantitative estimate of drug-likeness (QED) is 0.718. The fourth-order valence-electron chi connectivity index (χ4n) is 1.32. The second-order valence-electron chi connectivity index (χ2n) is 3.92. The third-order valence-corrected chi connectivity index (χ3v) is 2.07. The number of carbonyl (C=O) groups is 1. The number of urea groups is 1. The molecule has 0 saturated heterocycles. The van der Waals surface area contributed by atoms with Gasteiger partial charge in [-0.1, -0.05) is 11.8 Å². The number of nitrogens with two attached hydrogens (primary N) is 1. The number of carbonyl (C=O) groups excluding carboxylic acids is 1. The zero-order chi connectivity index (χ0) is 12.8. The maximum Gasteiger partial charge on any atom is 0.321 e. The molecule has 0 aliphatic heterocycles. The Morgan fingerprint density at radius 1 is 1.41 bits per heavy atom. The van der Waals surface area contributed by atoms with Crippen molar-refractivity contribution in [2.24, 2.45) is 5.73 Å². The summed E-state index contributed by atoms with van der Waals surface area (Å²) in [7, 11) is 3.39. The number of aryl methyl sites for hydroxylation is 1.